The summed E-state index contributed by atoms with van der Waals surface area (Å²) in [5, 5.41) is 13.5. The van der Waals surface area contributed by atoms with E-state index in [9.17, 15) is 9.90 Å². The molecule has 2 rings (SSSR count). The van der Waals surface area contributed by atoms with Crippen molar-refractivity contribution in [3.63, 3.8) is 0 Å². The van der Waals surface area contributed by atoms with Gasteiger partial charge in [-0.25, -0.2) is 4.98 Å². The van der Waals surface area contributed by atoms with E-state index in [0.29, 0.717) is 17.1 Å². The maximum atomic E-state index is 12.0. The Bertz CT molecular complexity index is 659. The van der Waals surface area contributed by atoms with Crippen molar-refractivity contribution in [2.24, 2.45) is 0 Å². The van der Waals surface area contributed by atoms with Crippen LogP contribution >= 0.6 is 11.6 Å². The lowest BCUT2D eigenvalue weighted by molar-refractivity contribution is -0.123. The molecule has 0 saturated carbocycles. The molecule has 2 aromatic rings. The highest BCUT2D eigenvalue weighted by Crippen LogP contribution is 2.19. The molecular weight excluding hydrogens is 314 g/mol. The molecule has 1 amide bonds. The first-order valence-corrected chi connectivity index (χ1v) is 7.66. The maximum absolute atomic E-state index is 12.0. The average molecular weight is 334 g/mol. The second-order valence-electron chi connectivity index (χ2n) is 5.46. The molecule has 2 N–H and O–H groups in total. The minimum absolute atomic E-state index is 0.00720. The van der Waals surface area contributed by atoms with Crippen molar-refractivity contribution >= 4 is 23.3 Å². The Morgan fingerprint density at radius 1 is 1.30 bits per heavy atom. The van der Waals surface area contributed by atoms with Gasteiger partial charge in [0.1, 0.15) is 5.82 Å². The fraction of sp³-hybridized carbons (Fsp3) is 0.294. The van der Waals surface area contributed by atoms with Crippen LogP contribution in [0, 0.1) is 0 Å². The van der Waals surface area contributed by atoms with Crippen molar-refractivity contribution in [3.8, 4) is 0 Å². The molecule has 0 spiro atoms. The van der Waals surface area contributed by atoms with Crippen molar-refractivity contribution in [2.75, 3.05) is 19.0 Å². The lowest BCUT2D eigenvalue weighted by Gasteiger charge is -2.13. The zero-order valence-electron chi connectivity index (χ0n) is 13.2. The molecule has 1 aromatic heterocycles. The topological polar surface area (TPSA) is 65.5 Å². The molecule has 0 aliphatic rings. The van der Waals surface area contributed by atoms with Crippen molar-refractivity contribution in [1.29, 1.82) is 0 Å². The molecule has 5 nitrogen and oxygen atoms in total. The lowest BCUT2D eigenvalue weighted by atomic mass is 10.1. The molecule has 0 aliphatic heterocycles. The molecule has 0 aliphatic carbocycles. The molecular formula is C17H20ClN3O2. The van der Waals surface area contributed by atoms with Gasteiger partial charge in [0.05, 0.1) is 12.5 Å². The van der Waals surface area contributed by atoms with Crippen molar-refractivity contribution < 1.29 is 9.90 Å². The van der Waals surface area contributed by atoms with Crippen LogP contribution in [0.25, 0.3) is 0 Å². The van der Waals surface area contributed by atoms with Crippen LogP contribution in [0.4, 0.5) is 5.82 Å². The van der Waals surface area contributed by atoms with Gasteiger partial charge in [0.25, 0.3) is 0 Å². The molecule has 0 saturated heterocycles. The number of nitrogens with zero attached hydrogens (tertiary/aromatic N) is 2. The van der Waals surface area contributed by atoms with E-state index < -0.39 is 6.10 Å². The molecule has 1 aromatic carbocycles. The predicted octanol–water partition coefficient (Wildman–Crippen LogP) is 2.54. The monoisotopic (exact) mass is 333 g/mol. The highest BCUT2D eigenvalue weighted by atomic mass is 35.5. The normalized spacial score (nSPS) is 11.8. The van der Waals surface area contributed by atoms with Crippen LogP contribution in [-0.2, 0) is 11.3 Å². The Balaban J connectivity index is 1.87. The van der Waals surface area contributed by atoms with Crippen LogP contribution in [0.2, 0.25) is 5.02 Å². The first-order chi connectivity index (χ1) is 11.0. The highest BCUT2D eigenvalue weighted by molar-refractivity contribution is 6.30. The van der Waals surface area contributed by atoms with Crippen molar-refractivity contribution in [3.05, 3.63) is 58.7 Å². The summed E-state index contributed by atoms with van der Waals surface area (Å²) in [5.74, 6) is 0.619. The van der Waals surface area contributed by atoms with Gasteiger partial charge in [-0.3, -0.25) is 4.79 Å². The van der Waals surface area contributed by atoms with E-state index in [0.717, 1.165) is 11.4 Å². The van der Waals surface area contributed by atoms with Crippen LogP contribution in [0.5, 0.6) is 0 Å². The summed E-state index contributed by atoms with van der Waals surface area (Å²) >= 11 is 5.81. The molecule has 0 fully saturated rings. The number of anilines is 1. The first kappa shape index (κ1) is 17.2. The minimum atomic E-state index is -0.845. The van der Waals surface area contributed by atoms with Gasteiger partial charge >= 0.3 is 0 Å². The fourth-order valence-electron chi connectivity index (χ4n) is 2.07. The number of aromatic nitrogens is 1. The molecule has 1 atom stereocenters. The zero-order chi connectivity index (χ0) is 16.8. The van der Waals surface area contributed by atoms with Gasteiger partial charge in [-0.2, -0.15) is 0 Å². The second-order valence-corrected chi connectivity index (χ2v) is 5.90. The molecule has 0 bridgehead atoms. The van der Waals surface area contributed by atoms with E-state index in [-0.39, 0.29) is 12.3 Å². The summed E-state index contributed by atoms with van der Waals surface area (Å²) in [5.41, 5.74) is 1.63. The van der Waals surface area contributed by atoms with Crippen molar-refractivity contribution in [2.45, 2.75) is 19.1 Å². The van der Waals surface area contributed by atoms with Crippen LogP contribution in [-0.4, -0.2) is 30.1 Å². The summed E-state index contributed by atoms with van der Waals surface area (Å²) < 4.78 is 0. The summed E-state index contributed by atoms with van der Waals surface area (Å²) in [7, 11) is 3.82. The number of hydrogen-bond acceptors (Lipinski definition) is 4. The molecule has 1 unspecified atom stereocenters. The van der Waals surface area contributed by atoms with Gasteiger partial charge in [-0.05, 0) is 35.4 Å². The van der Waals surface area contributed by atoms with Gasteiger partial charge in [0.2, 0.25) is 5.91 Å². The van der Waals surface area contributed by atoms with Gasteiger partial charge in [-0.15, -0.1) is 0 Å². The largest absolute Gasteiger partial charge is 0.388 e. The van der Waals surface area contributed by atoms with E-state index in [1.54, 1.807) is 30.5 Å². The summed E-state index contributed by atoms with van der Waals surface area (Å²) in [4.78, 5) is 18.1. The summed E-state index contributed by atoms with van der Waals surface area (Å²) in [6, 6.07) is 10.6. The lowest BCUT2D eigenvalue weighted by Crippen LogP contribution is -2.24. The van der Waals surface area contributed by atoms with Crippen LogP contribution in [0.15, 0.2) is 42.6 Å². The summed E-state index contributed by atoms with van der Waals surface area (Å²) in [6.07, 6.45) is 0.870. The SMILES string of the molecule is CN(C)c1cc(CNC(=O)CC(O)c2ccc(Cl)cc2)ccn1. The Kier molecular flexibility index (Phi) is 5.96. The average Bonchev–Trinajstić information content (AvgIpc) is 2.53. The number of hydrogen-bond donors (Lipinski definition) is 2. The van der Waals surface area contributed by atoms with Gasteiger partial charge in [0.15, 0.2) is 0 Å². The third kappa shape index (κ3) is 5.23. The second kappa shape index (κ2) is 7.94. The number of amides is 1. The number of aliphatic hydroxyl groups is 1. The highest BCUT2D eigenvalue weighted by Gasteiger charge is 2.13. The maximum Gasteiger partial charge on any atom is 0.223 e. The Morgan fingerprint density at radius 2 is 2.00 bits per heavy atom. The molecule has 1 heterocycles. The van der Waals surface area contributed by atoms with E-state index in [1.807, 2.05) is 31.1 Å². The number of carbonyl (C=O) groups is 1. The van der Waals surface area contributed by atoms with E-state index >= 15 is 0 Å². The Morgan fingerprint density at radius 3 is 2.65 bits per heavy atom. The van der Waals surface area contributed by atoms with Gasteiger partial charge in [-0.1, -0.05) is 23.7 Å². The molecule has 23 heavy (non-hydrogen) atoms. The smallest absolute Gasteiger partial charge is 0.223 e. The van der Waals surface area contributed by atoms with Gasteiger partial charge < -0.3 is 15.3 Å². The molecule has 6 heteroatoms. The van der Waals surface area contributed by atoms with Crippen LogP contribution in [0.3, 0.4) is 0 Å². The van der Waals surface area contributed by atoms with Crippen molar-refractivity contribution in [1.82, 2.24) is 10.3 Å². The standard InChI is InChI=1S/C17H20ClN3O2/c1-21(2)16-9-12(7-8-19-16)11-20-17(23)10-15(22)13-3-5-14(18)6-4-13/h3-9,15,22H,10-11H2,1-2H3,(H,20,23). The van der Waals surface area contributed by atoms with Crippen LogP contribution < -0.4 is 10.2 Å². The third-order valence-electron chi connectivity index (χ3n) is 3.39. The number of halogens is 1. The fourth-order valence-corrected chi connectivity index (χ4v) is 2.19. The van der Waals surface area contributed by atoms with E-state index in [4.69, 9.17) is 11.6 Å². The first-order valence-electron chi connectivity index (χ1n) is 7.28. The predicted molar refractivity (Wildman–Crippen MR) is 91.4 cm³/mol. The van der Waals surface area contributed by atoms with E-state index in [1.165, 1.54) is 0 Å². The van der Waals surface area contributed by atoms with Gasteiger partial charge in [0, 0.05) is 31.9 Å². The number of aliphatic hydroxyl groups excluding tert-OH is 1. The van der Waals surface area contributed by atoms with Crippen LogP contribution in [0.1, 0.15) is 23.7 Å². The third-order valence-corrected chi connectivity index (χ3v) is 3.64. The molecule has 122 valence electrons. The number of nitrogens with one attached hydrogen (secondary N) is 1. The Labute approximate surface area is 140 Å². The number of pyridine rings is 1. The Hall–Kier alpha value is -2.11. The zero-order valence-corrected chi connectivity index (χ0v) is 13.9. The number of carbonyl (C=O) groups excluding carboxylic acids is 1. The molecule has 0 radical (unpaired) electrons. The number of benzene rings is 1. The quantitative estimate of drug-likeness (QED) is 0.852. The summed E-state index contributed by atoms with van der Waals surface area (Å²) in [6.45, 7) is 0.398. The van der Waals surface area contributed by atoms with E-state index in [2.05, 4.69) is 10.3 Å². The minimum Gasteiger partial charge on any atom is -0.388 e. The number of rotatable bonds is 6.